The van der Waals surface area contributed by atoms with Crippen LogP contribution in [0.25, 0.3) is 33.4 Å². The molecule has 0 aromatic heterocycles. The number of allylic oxidation sites excluding steroid dienone is 2. The normalized spacial score (nSPS) is 32.3. The first kappa shape index (κ1) is 53.2. The predicted octanol–water partition coefficient (Wildman–Crippen LogP) is 12.4. The van der Waals surface area contributed by atoms with Crippen LogP contribution in [-0.2, 0) is 19.1 Å². The van der Waals surface area contributed by atoms with Crippen molar-refractivity contribution in [2.24, 2.45) is 50.2 Å². The lowest BCUT2D eigenvalue weighted by atomic mass is 9.33. The Morgan fingerprint density at radius 2 is 1.51 bits per heavy atom. The molecule has 10 nitrogen and oxygen atoms in total. The van der Waals surface area contributed by atoms with Crippen LogP contribution in [0, 0.1) is 50.2 Å². The van der Waals surface area contributed by atoms with Crippen molar-refractivity contribution in [2.75, 3.05) is 57.3 Å². The molecule has 8 aliphatic rings. The van der Waals surface area contributed by atoms with Gasteiger partial charge in [0, 0.05) is 103 Å². The molecule has 4 saturated carbocycles. The van der Waals surface area contributed by atoms with Gasteiger partial charge in [0.05, 0.1) is 6.07 Å². The molecule has 2 aromatic carbocycles. The van der Waals surface area contributed by atoms with Crippen molar-refractivity contribution in [3.8, 4) is 22.5 Å². The summed E-state index contributed by atoms with van der Waals surface area (Å²) in [4.78, 5) is 63.6. The lowest BCUT2D eigenvalue weighted by molar-refractivity contribution is -0.210. The minimum Gasteiger partial charge on any atom is -0.462 e. The Labute approximate surface area is 447 Å². The molecule has 2 heterocycles. The minimum atomic E-state index is -0.577. The molecule has 0 N–H and O–H groups in total. The van der Waals surface area contributed by atoms with Gasteiger partial charge in [-0.25, -0.2) is 4.58 Å². The van der Waals surface area contributed by atoms with Crippen LogP contribution in [0.3, 0.4) is 0 Å². The van der Waals surface area contributed by atoms with E-state index in [2.05, 4.69) is 145 Å². The number of nitrogens with zero attached hydrogens (tertiary/aromatic N) is 4. The Kier molecular flexibility index (Phi) is 13.7. The molecule has 402 valence electrons. The van der Waals surface area contributed by atoms with Crippen molar-refractivity contribution in [2.45, 2.75) is 153 Å². The van der Waals surface area contributed by atoms with E-state index in [0.29, 0.717) is 38.2 Å². The van der Waals surface area contributed by atoms with Crippen molar-refractivity contribution >= 4 is 40.2 Å². The molecule has 6 aliphatic carbocycles. The average Bonchev–Trinajstić information content (AvgIpc) is 3.69. The molecule has 10 rings (SSSR count). The molecular weight excluding hydrogens is 933 g/mol. The first-order valence-electron chi connectivity index (χ1n) is 29.1. The Hall–Kier alpha value is -5.25. The SMILES string of the molecule is CCN(CC)c1ccc2c(-c3cccc(C(=O)N4CCCN(C(=O)[C@@]5(C)CC[C@]6(C)CC[C@]7(C)C(=CC(=O)[C@@H]8[C@@]9(C)CC[C@H](OC(C)=O)C(C)(C)[C@@H]9CC[C@]87C)[C@@H]6C5)CC4)c3)c3ccc(=[N+](CC)CC)cc-3oc2c1. The fourth-order valence-corrected chi connectivity index (χ4v) is 17.2. The third kappa shape index (κ3) is 8.51. The van der Waals surface area contributed by atoms with Crippen molar-refractivity contribution < 1.29 is 28.3 Å². The lowest BCUT2D eigenvalue weighted by Gasteiger charge is -2.70. The van der Waals surface area contributed by atoms with E-state index >= 15 is 9.59 Å². The van der Waals surface area contributed by atoms with Gasteiger partial charge in [0.15, 0.2) is 5.78 Å². The van der Waals surface area contributed by atoms with Crippen LogP contribution < -0.4 is 14.8 Å². The van der Waals surface area contributed by atoms with Crippen LogP contribution in [0.4, 0.5) is 5.69 Å². The summed E-state index contributed by atoms with van der Waals surface area (Å²) >= 11 is 0. The van der Waals surface area contributed by atoms with Crippen molar-refractivity contribution in [3.05, 3.63) is 83.2 Å². The fourth-order valence-electron chi connectivity index (χ4n) is 17.2. The zero-order chi connectivity index (χ0) is 53.6. The highest BCUT2D eigenvalue weighted by molar-refractivity contribution is 6.04. The fraction of sp³-hybridized carbons (Fsp3) is 0.615. The monoisotopic (exact) mass is 1020 g/mol. The molecule has 0 radical (unpaired) electrons. The molecule has 9 atom stereocenters. The number of carbonyl (C=O) groups excluding carboxylic acids is 4. The van der Waals surface area contributed by atoms with Crippen LogP contribution >= 0.6 is 0 Å². The molecule has 75 heavy (non-hydrogen) atoms. The van der Waals surface area contributed by atoms with Crippen LogP contribution in [0.1, 0.15) is 158 Å². The van der Waals surface area contributed by atoms with Crippen LogP contribution in [0.15, 0.2) is 76.7 Å². The summed E-state index contributed by atoms with van der Waals surface area (Å²) < 4.78 is 15.1. The highest BCUT2D eigenvalue weighted by atomic mass is 16.5. The Morgan fingerprint density at radius 3 is 2.23 bits per heavy atom. The van der Waals surface area contributed by atoms with Gasteiger partial charge in [-0.1, -0.05) is 66.2 Å². The Morgan fingerprint density at radius 1 is 0.787 bits per heavy atom. The molecule has 0 spiro atoms. The summed E-state index contributed by atoms with van der Waals surface area (Å²) in [7, 11) is 0. The van der Waals surface area contributed by atoms with Gasteiger partial charge in [0.2, 0.25) is 11.3 Å². The van der Waals surface area contributed by atoms with Gasteiger partial charge in [0.25, 0.3) is 5.91 Å². The summed E-state index contributed by atoms with van der Waals surface area (Å²) in [6.45, 7) is 32.4. The van der Waals surface area contributed by atoms with Gasteiger partial charge >= 0.3 is 5.97 Å². The lowest BCUT2D eigenvalue weighted by Crippen LogP contribution is -2.67. The number of hydrogen-bond donors (Lipinski definition) is 0. The molecule has 2 aromatic rings. The van der Waals surface area contributed by atoms with E-state index in [0.717, 1.165) is 128 Å². The number of rotatable bonds is 9. The number of carbonyl (C=O) groups is 4. The molecule has 1 saturated heterocycles. The molecular formula is C65H87N4O6+. The highest BCUT2D eigenvalue weighted by Gasteiger charge is 2.70. The number of benzene rings is 3. The number of ether oxygens (including phenoxy) is 1. The number of fused-ring (bicyclic) bond motifs is 9. The van der Waals surface area contributed by atoms with E-state index in [-0.39, 0.29) is 74.5 Å². The van der Waals surface area contributed by atoms with Gasteiger partial charge in [0.1, 0.15) is 30.5 Å². The maximum Gasteiger partial charge on any atom is 0.302 e. The maximum absolute atomic E-state index is 15.2. The zero-order valence-electron chi connectivity index (χ0n) is 47.6. The molecule has 10 heteroatoms. The second-order valence-corrected chi connectivity index (χ2v) is 25.9. The van der Waals surface area contributed by atoms with Crippen LogP contribution in [-0.4, -0.2) is 91.8 Å². The number of amides is 2. The largest absolute Gasteiger partial charge is 0.462 e. The predicted molar refractivity (Wildman–Crippen MR) is 300 cm³/mol. The quantitative estimate of drug-likeness (QED) is 0.0934. The first-order valence-corrected chi connectivity index (χ1v) is 29.1. The van der Waals surface area contributed by atoms with Crippen molar-refractivity contribution in [1.29, 1.82) is 0 Å². The number of esters is 1. The summed E-state index contributed by atoms with van der Waals surface area (Å²) in [5.74, 6) is 1.35. The summed E-state index contributed by atoms with van der Waals surface area (Å²) in [5.41, 5.74) is 5.52. The molecule has 0 bridgehead atoms. The molecule has 5 fully saturated rings. The topological polar surface area (TPSA) is 103 Å². The van der Waals surface area contributed by atoms with Gasteiger partial charge in [-0.05, 0) is 167 Å². The van der Waals surface area contributed by atoms with E-state index in [1.807, 2.05) is 17.0 Å². The third-order valence-corrected chi connectivity index (χ3v) is 21.8. The van der Waals surface area contributed by atoms with E-state index in [9.17, 15) is 9.59 Å². The van der Waals surface area contributed by atoms with Crippen LogP contribution in [0.5, 0.6) is 0 Å². The smallest absolute Gasteiger partial charge is 0.302 e. The number of hydrogen-bond acceptors (Lipinski definition) is 7. The second-order valence-electron chi connectivity index (χ2n) is 25.9. The number of anilines is 1. The summed E-state index contributed by atoms with van der Waals surface area (Å²) in [6, 6.07) is 21.1. The average molecular weight is 1020 g/mol. The third-order valence-electron chi connectivity index (χ3n) is 21.8. The van der Waals surface area contributed by atoms with Crippen molar-refractivity contribution in [1.82, 2.24) is 14.4 Å². The number of ketones is 1. The maximum atomic E-state index is 15.2. The van der Waals surface area contributed by atoms with E-state index in [1.54, 1.807) is 0 Å². The molecule has 2 aliphatic heterocycles. The van der Waals surface area contributed by atoms with Crippen molar-refractivity contribution in [3.63, 3.8) is 0 Å². The van der Waals surface area contributed by atoms with Crippen LogP contribution in [0.2, 0.25) is 0 Å². The standard InChI is InChI=1S/C65H87N4O6/c1-13-66(14-2)45-21-23-47-52(38-45)75-53-39-46(67(15-3)16-4)22-24-48(53)56(47)43-19-17-20-44(37-43)58(72)68-33-18-34-69(36-35-68)59(73)62(9)30-29-61(8)31-32-64(11)49(50(61)41-62)40-51(71)57-63(10)27-26-55(74-42(5)70)60(6,7)54(63)25-28-65(57,64)12/h17,19-24,37-40,50,54-55,57H,13-16,18,25-36,41H2,1-12H3/q+1/t50-,54-,55-,57+,61+,62-,63-,64+,65+/m0/s1. The zero-order valence-corrected chi connectivity index (χ0v) is 47.6. The first-order chi connectivity index (χ1) is 35.6. The van der Waals surface area contributed by atoms with Gasteiger partial charge < -0.3 is 23.9 Å². The summed E-state index contributed by atoms with van der Waals surface area (Å²) in [6.07, 6.45) is 11.0. The van der Waals surface area contributed by atoms with E-state index in [4.69, 9.17) is 9.15 Å². The second kappa shape index (κ2) is 19.3. The summed E-state index contributed by atoms with van der Waals surface area (Å²) in [5, 5.41) is 2.12. The molecule has 2 amide bonds. The Balaban J connectivity index is 0.889. The van der Waals surface area contributed by atoms with Gasteiger partial charge in [-0.15, -0.1) is 0 Å². The van der Waals surface area contributed by atoms with E-state index < -0.39 is 5.41 Å². The highest BCUT2D eigenvalue weighted by Crippen LogP contribution is 2.75. The molecule has 0 unspecified atom stereocenters. The Bertz CT molecular complexity index is 3000. The minimum absolute atomic E-state index is 0.0150. The van der Waals surface area contributed by atoms with E-state index in [1.165, 1.54) is 12.5 Å². The van der Waals surface area contributed by atoms with Gasteiger partial charge in [-0.2, -0.15) is 0 Å². The van der Waals surface area contributed by atoms with Gasteiger partial charge in [-0.3, -0.25) is 19.2 Å².